The molecule has 2 aliphatic rings. The fraction of sp³-hybridized carbons (Fsp3) is 1.00. The molecule has 0 bridgehead atoms. The lowest BCUT2D eigenvalue weighted by Gasteiger charge is -2.50. The van der Waals surface area contributed by atoms with E-state index in [0.29, 0.717) is 6.54 Å². The zero-order valence-corrected chi connectivity index (χ0v) is 12.1. The maximum atomic E-state index is 11.2. The molecule has 18 heavy (non-hydrogen) atoms. The number of rotatable bonds is 3. The first kappa shape index (κ1) is 14.3. The van der Waals surface area contributed by atoms with Gasteiger partial charge in [0.15, 0.2) is 0 Å². The van der Waals surface area contributed by atoms with Crippen molar-refractivity contribution in [3.8, 4) is 0 Å². The molecule has 3 N–H and O–H groups in total. The van der Waals surface area contributed by atoms with E-state index in [-0.39, 0.29) is 5.41 Å². The third kappa shape index (κ3) is 2.60. The average molecular weight is 253 g/mol. The van der Waals surface area contributed by atoms with Gasteiger partial charge in [0, 0.05) is 12.0 Å². The summed E-state index contributed by atoms with van der Waals surface area (Å²) >= 11 is 0. The fourth-order valence-corrected chi connectivity index (χ4v) is 4.34. The summed E-state index contributed by atoms with van der Waals surface area (Å²) in [5.74, 6) is 0.874. The molecule has 2 rings (SSSR count). The van der Waals surface area contributed by atoms with Crippen LogP contribution >= 0.6 is 0 Å². The van der Waals surface area contributed by atoms with Gasteiger partial charge < -0.3 is 10.8 Å². The summed E-state index contributed by atoms with van der Waals surface area (Å²) in [5.41, 5.74) is 5.70. The molecule has 0 aromatic rings. The van der Waals surface area contributed by atoms with Gasteiger partial charge in [-0.3, -0.25) is 0 Å². The van der Waals surface area contributed by atoms with Crippen LogP contribution in [0.5, 0.6) is 0 Å². The molecular weight excluding hydrogens is 222 g/mol. The Morgan fingerprint density at radius 3 is 2.00 bits per heavy atom. The Balaban J connectivity index is 2.10. The highest BCUT2D eigenvalue weighted by molar-refractivity contribution is 5.02. The van der Waals surface area contributed by atoms with E-state index in [2.05, 4.69) is 6.92 Å². The van der Waals surface area contributed by atoms with Crippen LogP contribution in [-0.2, 0) is 0 Å². The van der Waals surface area contributed by atoms with Crippen LogP contribution in [0, 0.1) is 11.3 Å². The molecule has 0 amide bonds. The Hall–Kier alpha value is -0.0800. The van der Waals surface area contributed by atoms with Crippen LogP contribution in [0.3, 0.4) is 0 Å². The lowest BCUT2D eigenvalue weighted by atomic mass is 9.59. The Bertz CT molecular complexity index is 248. The molecule has 106 valence electrons. The van der Waals surface area contributed by atoms with Gasteiger partial charge in [0.25, 0.3) is 0 Å². The molecule has 0 aromatic carbocycles. The summed E-state index contributed by atoms with van der Waals surface area (Å²) in [5, 5.41) is 11.2. The van der Waals surface area contributed by atoms with Gasteiger partial charge in [-0.25, -0.2) is 0 Å². The second kappa shape index (κ2) is 5.92. The summed E-state index contributed by atoms with van der Waals surface area (Å²) in [7, 11) is 0. The van der Waals surface area contributed by atoms with Crippen molar-refractivity contribution >= 4 is 0 Å². The molecule has 2 nitrogen and oxygen atoms in total. The van der Waals surface area contributed by atoms with Gasteiger partial charge in [-0.1, -0.05) is 39.0 Å². The highest BCUT2D eigenvalue weighted by Gasteiger charge is 2.50. The topological polar surface area (TPSA) is 46.2 Å². The van der Waals surface area contributed by atoms with Crippen LogP contribution in [0.2, 0.25) is 0 Å². The number of nitrogens with two attached hydrogens (primary N) is 1. The first-order chi connectivity index (χ1) is 8.66. The van der Waals surface area contributed by atoms with Crippen LogP contribution in [0.25, 0.3) is 0 Å². The zero-order valence-electron chi connectivity index (χ0n) is 12.1. The van der Waals surface area contributed by atoms with E-state index >= 15 is 0 Å². The lowest BCUT2D eigenvalue weighted by Crippen LogP contribution is -2.54. The average Bonchev–Trinajstić information content (AvgIpc) is 2.65. The summed E-state index contributed by atoms with van der Waals surface area (Å²) in [6.45, 7) is 2.97. The number of aliphatic hydroxyl groups is 1. The molecule has 0 heterocycles. The molecule has 2 fully saturated rings. The number of hydrogen-bond acceptors (Lipinski definition) is 2. The third-order valence-corrected chi connectivity index (χ3v) is 5.95. The van der Waals surface area contributed by atoms with Crippen molar-refractivity contribution in [1.82, 2.24) is 0 Å². The summed E-state index contributed by atoms with van der Waals surface area (Å²) in [4.78, 5) is 0. The fourth-order valence-electron chi connectivity index (χ4n) is 4.34. The van der Waals surface area contributed by atoms with E-state index in [0.717, 1.165) is 31.6 Å². The summed E-state index contributed by atoms with van der Waals surface area (Å²) in [6, 6.07) is 0. The molecule has 2 heteroatoms. The van der Waals surface area contributed by atoms with Crippen molar-refractivity contribution in [3.05, 3.63) is 0 Å². The molecule has 0 saturated heterocycles. The highest BCUT2D eigenvalue weighted by Crippen LogP contribution is 2.51. The molecular formula is C16H31NO. The standard InChI is InChI=1S/C16H31NO/c1-2-14-7-11-15(13-17,12-8-14)16(18)9-5-3-4-6-10-16/h14,18H,2-13,17H2,1H3. The maximum absolute atomic E-state index is 11.2. The number of hydrogen-bond donors (Lipinski definition) is 2. The van der Waals surface area contributed by atoms with E-state index in [9.17, 15) is 5.11 Å². The summed E-state index contributed by atoms with van der Waals surface area (Å²) < 4.78 is 0. The van der Waals surface area contributed by atoms with Gasteiger partial charge in [-0.05, 0) is 44.4 Å². The highest BCUT2D eigenvalue weighted by atomic mass is 16.3. The van der Waals surface area contributed by atoms with Gasteiger partial charge in [0.2, 0.25) is 0 Å². The van der Waals surface area contributed by atoms with Gasteiger partial charge in [-0.15, -0.1) is 0 Å². The second-order valence-electron chi connectivity index (χ2n) is 6.78. The van der Waals surface area contributed by atoms with Crippen molar-refractivity contribution < 1.29 is 5.11 Å². The van der Waals surface area contributed by atoms with Crippen molar-refractivity contribution in [2.45, 2.75) is 83.2 Å². The van der Waals surface area contributed by atoms with Crippen LogP contribution in [0.1, 0.15) is 77.6 Å². The predicted molar refractivity (Wildman–Crippen MR) is 76.4 cm³/mol. The van der Waals surface area contributed by atoms with E-state index < -0.39 is 5.60 Å². The minimum atomic E-state index is -0.461. The maximum Gasteiger partial charge on any atom is 0.0715 e. The SMILES string of the molecule is CCC1CCC(CN)(C2(O)CCCCCC2)CC1. The van der Waals surface area contributed by atoms with Crippen LogP contribution < -0.4 is 5.73 Å². The van der Waals surface area contributed by atoms with E-state index in [1.807, 2.05) is 0 Å². The molecule has 0 aromatic heterocycles. The van der Waals surface area contributed by atoms with Crippen molar-refractivity contribution in [2.75, 3.05) is 6.54 Å². The summed E-state index contributed by atoms with van der Waals surface area (Å²) in [6.07, 6.45) is 13.1. The van der Waals surface area contributed by atoms with Gasteiger partial charge in [0.05, 0.1) is 5.60 Å². The van der Waals surface area contributed by atoms with Crippen molar-refractivity contribution in [3.63, 3.8) is 0 Å². The van der Waals surface area contributed by atoms with Gasteiger partial charge in [-0.2, -0.15) is 0 Å². The van der Waals surface area contributed by atoms with Crippen molar-refractivity contribution in [2.24, 2.45) is 17.1 Å². The van der Waals surface area contributed by atoms with E-state index in [1.54, 1.807) is 0 Å². The van der Waals surface area contributed by atoms with Crippen LogP contribution in [0.4, 0.5) is 0 Å². The smallest absolute Gasteiger partial charge is 0.0715 e. The minimum Gasteiger partial charge on any atom is -0.389 e. The van der Waals surface area contributed by atoms with Crippen LogP contribution in [0.15, 0.2) is 0 Å². The monoisotopic (exact) mass is 253 g/mol. The van der Waals surface area contributed by atoms with Gasteiger partial charge in [0.1, 0.15) is 0 Å². The molecule has 2 aliphatic carbocycles. The molecule has 0 atom stereocenters. The van der Waals surface area contributed by atoms with Gasteiger partial charge >= 0.3 is 0 Å². The van der Waals surface area contributed by atoms with Crippen LogP contribution in [-0.4, -0.2) is 17.3 Å². The zero-order chi connectivity index (χ0) is 13.1. The molecule has 2 saturated carbocycles. The predicted octanol–water partition coefficient (Wildman–Crippen LogP) is 3.62. The Kier molecular flexibility index (Phi) is 4.71. The molecule has 0 radical (unpaired) electrons. The van der Waals surface area contributed by atoms with Crippen molar-refractivity contribution in [1.29, 1.82) is 0 Å². The largest absolute Gasteiger partial charge is 0.389 e. The second-order valence-corrected chi connectivity index (χ2v) is 6.78. The van der Waals surface area contributed by atoms with E-state index in [1.165, 1.54) is 44.9 Å². The molecule has 0 spiro atoms. The minimum absolute atomic E-state index is 0.0308. The Morgan fingerprint density at radius 1 is 1.00 bits per heavy atom. The lowest BCUT2D eigenvalue weighted by molar-refractivity contribution is -0.114. The molecule has 0 aliphatic heterocycles. The quantitative estimate of drug-likeness (QED) is 0.755. The first-order valence-electron chi connectivity index (χ1n) is 8.08. The Morgan fingerprint density at radius 2 is 1.56 bits per heavy atom. The Labute approximate surface area is 112 Å². The van der Waals surface area contributed by atoms with E-state index in [4.69, 9.17) is 5.73 Å². The molecule has 0 unspecified atom stereocenters. The normalized spacial score (nSPS) is 37.2. The first-order valence-corrected chi connectivity index (χ1v) is 8.08. The third-order valence-electron chi connectivity index (χ3n) is 5.95.